The number of hydrogen-bond donors (Lipinski definition) is 2. The van der Waals surface area contributed by atoms with Gasteiger partial charge in [-0.1, -0.05) is 0 Å². The van der Waals surface area contributed by atoms with Gasteiger partial charge in [-0.15, -0.1) is 0 Å². The molecule has 0 amide bonds. The second-order valence-electron chi connectivity index (χ2n) is 4.91. The Morgan fingerprint density at radius 1 is 1.45 bits per heavy atom. The summed E-state index contributed by atoms with van der Waals surface area (Å²) in [6.45, 7) is 2.14. The van der Waals surface area contributed by atoms with E-state index in [1.165, 1.54) is 19.0 Å². The molecule has 0 unspecified atom stereocenters. The normalized spacial score (nSPS) is 15.7. The molecule has 1 aliphatic rings. The van der Waals surface area contributed by atoms with E-state index >= 15 is 0 Å². The molecule has 6 nitrogen and oxygen atoms in total. The van der Waals surface area contributed by atoms with E-state index < -0.39 is 10.0 Å². The van der Waals surface area contributed by atoms with E-state index in [1.807, 2.05) is 6.26 Å². The van der Waals surface area contributed by atoms with Crippen LogP contribution in [0.25, 0.3) is 0 Å². The van der Waals surface area contributed by atoms with E-state index in [9.17, 15) is 8.42 Å². The topological polar surface area (TPSA) is 76.0 Å². The molecule has 114 valence electrons. The Morgan fingerprint density at radius 2 is 2.25 bits per heavy atom. The van der Waals surface area contributed by atoms with Gasteiger partial charge in [0.1, 0.15) is 4.90 Å². The molecule has 1 aromatic heterocycles. The maximum atomic E-state index is 12.0. The molecule has 8 heteroatoms. The van der Waals surface area contributed by atoms with Crippen LogP contribution in [0.4, 0.5) is 0 Å². The number of rotatable bonds is 10. The lowest BCUT2D eigenvalue weighted by molar-refractivity contribution is 0.541. The zero-order valence-corrected chi connectivity index (χ0v) is 13.3. The Bertz CT molecular complexity index is 511. The van der Waals surface area contributed by atoms with Crippen LogP contribution in [0.2, 0.25) is 0 Å². The first-order chi connectivity index (χ1) is 9.62. The highest BCUT2D eigenvalue weighted by atomic mass is 32.2. The zero-order chi connectivity index (χ0) is 14.4. The summed E-state index contributed by atoms with van der Waals surface area (Å²) < 4.78 is 28.2. The molecule has 1 saturated carbocycles. The van der Waals surface area contributed by atoms with Gasteiger partial charge in [-0.2, -0.15) is 16.9 Å². The molecule has 0 radical (unpaired) electrons. The molecule has 20 heavy (non-hydrogen) atoms. The van der Waals surface area contributed by atoms with Crippen LogP contribution < -0.4 is 10.0 Å². The van der Waals surface area contributed by atoms with Gasteiger partial charge in [0.25, 0.3) is 0 Å². The van der Waals surface area contributed by atoms with Crippen molar-refractivity contribution in [3.8, 4) is 0 Å². The molecule has 1 fully saturated rings. The minimum Gasteiger partial charge on any atom is -0.314 e. The standard InChI is InChI=1S/C12H22N4O2S2/c1-19-8-6-15-20(17,18)12-9-14-16(10-12)7-2-5-13-11-3-4-11/h9-11,13,15H,2-8H2,1H3. The first-order valence-corrected chi connectivity index (χ1v) is 9.74. The average Bonchev–Trinajstić information content (AvgIpc) is 3.11. The van der Waals surface area contributed by atoms with Crippen molar-refractivity contribution in [3.05, 3.63) is 12.4 Å². The van der Waals surface area contributed by atoms with Crippen LogP contribution in [-0.4, -0.2) is 49.3 Å². The van der Waals surface area contributed by atoms with Crippen LogP contribution in [0.3, 0.4) is 0 Å². The van der Waals surface area contributed by atoms with Crippen LogP contribution in [-0.2, 0) is 16.6 Å². The van der Waals surface area contributed by atoms with E-state index in [0.717, 1.165) is 25.3 Å². The lowest BCUT2D eigenvalue weighted by Gasteiger charge is -2.04. The van der Waals surface area contributed by atoms with Crippen molar-refractivity contribution < 1.29 is 8.42 Å². The van der Waals surface area contributed by atoms with Crippen molar-refractivity contribution in [2.75, 3.05) is 25.1 Å². The first kappa shape index (κ1) is 15.8. The predicted molar refractivity (Wildman–Crippen MR) is 81.4 cm³/mol. The van der Waals surface area contributed by atoms with Crippen LogP contribution >= 0.6 is 11.8 Å². The third kappa shape index (κ3) is 5.08. The largest absolute Gasteiger partial charge is 0.314 e. The van der Waals surface area contributed by atoms with Crippen LogP contribution in [0.15, 0.2) is 17.3 Å². The number of aromatic nitrogens is 2. The summed E-state index contributed by atoms with van der Waals surface area (Å²) in [7, 11) is -3.41. The number of nitrogens with one attached hydrogen (secondary N) is 2. The summed E-state index contributed by atoms with van der Waals surface area (Å²) in [5, 5.41) is 7.53. The first-order valence-electron chi connectivity index (χ1n) is 6.86. The highest BCUT2D eigenvalue weighted by Crippen LogP contribution is 2.18. The molecular weight excluding hydrogens is 296 g/mol. The van der Waals surface area contributed by atoms with Gasteiger partial charge in [0.05, 0.1) is 6.20 Å². The monoisotopic (exact) mass is 318 g/mol. The van der Waals surface area contributed by atoms with Gasteiger partial charge < -0.3 is 5.32 Å². The Hall–Kier alpha value is -0.570. The summed E-state index contributed by atoms with van der Waals surface area (Å²) in [5.74, 6) is 0.764. The molecule has 1 heterocycles. The number of sulfonamides is 1. The molecule has 1 aromatic rings. The Balaban J connectivity index is 1.77. The highest BCUT2D eigenvalue weighted by molar-refractivity contribution is 7.98. The Labute approximate surface area is 124 Å². The molecule has 0 atom stereocenters. The van der Waals surface area contributed by atoms with Gasteiger partial charge in [0.2, 0.25) is 10.0 Å². The zero-order valence-electron chi connectivity index (χ0n) is 11.7. The van der Waals surface area contributed by atoms with E-state index in [1.54, 1.807) is 22.6 Å². The minimum atomic E-state index is -3.41. The van der Waals surface area contributed by atoms with Crippen molar-refractivity contribution in [2.45, 2.75) is 36.7 Å². The van der Waals surface area contributed by atoms with Gasteiger partial charge in [-0.25, -0.2) is 13.1 Å². The van der Waals surface area contributed by atoms with Crippen LogP contribution in [0.5, 0.6) is 0 Å². The summed E-state index contributed by atoms with van der Waals surface area (Å²) >= 11 is 1.61. The highest BCUT2D eigenvalue weighted by Gasteiger charge is 2.19. The molecule has 0 saturated heterocycles. The van der Waals surface area contributed by atoms with Crippen LogP contribution in [0.1, 0.15) is 19.3 Å². The Morgan fingerprint density at radius 3 is 2.95 bits per heavy atom. The van der Waals surface area contributed by atoms with Crippen molar-refractivity contribution in [2.24, 2.45) is 0 Å². The SMILES string of the molecule is CSCCNS(=O)(=O)c1cnn(CCCNC2CC2)c1. The van der Waals surface area contributed by atoms with Gasteiger partial charge in [-0.05, 0) is 32.1 Å². The summed E-state index contributed by atoms with van der Waals surface area (Å²) in [6.07, 6.45) is 8.48. The van der Waals surface area contributed by atoms with Crippen molar-refractivity contribution in [1.82, 2.24) is 19.8 Å². The van der Waals surface area contributed by atoms with E-state index in [2.05, 4.69) is 15.1 Å². The van der Waals surface area contributed by atoms with Crippen molar-refractivity contribution >= 4 is 21.8 Å². The average molecular weight is 318 g/mol. The van der Waals surface area contributed by atoms with Gasteiger partial charge in [0.15, 0.2) is 0 Å². The number of aryl methyl sites for hydroxylation is 1. The summed E-state index contributed by atoms with van der Waals surface area (Å²) in [4.78, 5) is 0.244. The van der Waals surface area contributed by atoms with Crippen molar-refractivity contribution in [1.29, 1.82) is 0 Å². The maximum Gasteiger partial charge on any atom is 0.243 e. The molecule has 2 N–H and O–H groups in total. The van der Waals surface area contributed by atoms with Gasteiger partial charge in [-0.3, -0.25) is 4.68 Å². The fraction of sp³-hybridized carbons (Fsp3) is 0.750. The van der Waals surface area contributed by atoms with E-state index in [-0.39, 0.29) is 4.90 Å². The molecule has 2 rings (SSSR count). The summed E-state index contributed by atoms with van der Waals surface area (Å²) in [5.41, 5.74) is 0. The summed E-state index contributed by atoms with van der Waals surface area (Å²) in [6, 6.07) is 0.712. The lowest BCUT2D eigenvalue weighted by Crippen LogP contribution is -2.25. The second kappa shape index (κ2) is 7.44. The van der Waals surface area contributed by atoms with Gasteiger partial charge >= 0.3 is 0 Å². The third-order valence-electron chi connectivity index (χ3n) is 3.09. The molecule has 0 aliphatic heterocycles. The molecule has 0 aromatic carbocycles. The van der Waals surface area contributed by atoms with E-state index in [0.29, 0.717) is 12.6 Å². The van der Waals surface area contributed by atoms with Crippen LogP contribution in [0, 0.1) is 0 Å². The van der Waals surface area contributed by atoms with Gasteiger partial charge in [0, 0.05) is 31.1 Å². The second-order valence-corrected chi connectivity index (χ2v) is 7.66. The third-order valence-corrected chi connectivity index (χ3v) is 5.12. The number of hydrogen-bond acceptors (Lipinski definition) is 5. The predicted octanol–water partition coefficient (Wildman–Crippen LogP) is 0.667. The molecule has 0 bridgehead atoms. The lowest BCUT2D eigenvalue weighted by atomic mass is 10.4. The fourth-order valence-corrected chi connectivity index (χ4v) is 3.22. The smallest absolute Gasteiger partial charge is 0.243 e. The molecule has 1 aliphatic carbocycles. The number of nitrogens with zero attached hydrogens (tertiary/aromatic N) is 2. The minimum absolute atomic E-state index is 0.244. The van der Waals surface area contributed by atoms with Crippen molar-refractivity contribution in [3.63, 3.8) is 0 Å². The molecular formula is C12H22N4O2S2. The van der Waals surface area contributed by atoms with E-state index in [4.69, 9.17) is 0 Å². The fourth-order valence-electron chi connectivity index (χ4n) is 1.80. The Kier molecular flexibility index (Phi) is 5.88. The number of thioether (sulfide) groups is 1. The maximum absolute atomic E-state index is 12.0. The molecule has 0 spiro atoms. The quantitative estimate of drug-likeness (QED) is 0.620.